The lowest BCUT2D eigenvalue weighted by Crippen LogP contribution is -2.05. The van der Waals surface area contributed by atoms with E-state index in [9.17, 15) is 37.1 Å². The van der Waals surface area contributed by atoms with Crippen LogP contribution in [-0.4, -0.2) is 60.4 Å². The Balaban J connectivity index is 0.000000133. The summed E-state index contributed by atoms with van der Waals surface area (Å²) in [5.41, 5.74) is 52.6. The maximum absolute atomic E-state index is 15.0. The molecule has 20 aromatic rings. The van der Waals surface area contributed by atoms with Gasteiger partial charge in [0, 0.05) is 132 Å². The molecule has 6 aromatic heterocycles. The molecule has 0 saturated heterocycles. The van der Waals surface area contributed by atoms with Crippen LogP contribution in [0.15, 0.2) is 357 Å². The van der Waals surface area contributed by atoms with E-state index in [2.05, 4.69) is 30.1 Å². The second kappa shape index (κ2) is 49.2. The number of aliphatic carboxylic acids is 5. The van der Waals surface area contributed by atoms with Gasteiger partial charge in [0.2, 0.25) is 0 Å². The first-order valence-electron chi connectivity index (χ1n) is 47.8. The summed E-state index contributed by atoms with van der Waals surface area (Å²) in [7, 11) is 0. The van der Waals surface area contributed by atoms with Gasteiger partial charge in [0.1, 0.15) is 107 Å². The molecule has 0 fully saturated rings. The third-order valence-electron chi connectivity index (χ3n) is 24.8. The summed E-state index contributed by atoms with van der Waals surface area (Å²) >= 11 is 0. The molecule has 0 aliphatic heterocycles. The summed E-state index contributed by atoms with van der Waals surface area (Å²) < 4.78 is 101. The number of pyridine rings is 1. The summed E-state index contributed by atoms with van der Waals surface area (Å²) in [4.78, 5) is 59.7. The van der Waals surface area contributed by atoms with Crippen molar-refractivity contribution >= 4 is 84.7 Å². The highest BCUT2D eigenvalue weighted by atomic mass is 19.1. The van der Waals surface area contributed by atoms with Crippen LogP contribution in [0, 0.1) is 24.4 Å². The smallest absolute Gasteiger partial charge is 0.307 e. The Morgan fingerprint density at radius 2 is 0.653 bits per heavy atom. The number of hydrogen-bond donors (Lipinski definition) is 10. The highest BCUT2D eigenvalue weighted by Crippen LogP contribution is 2.42. The van der Waals surface area contributed by atoms with Crippen LogP contribution in [0.5, 0.6) is 28.7 Å². The van der Waals surface area contributed by atoms with E-state index in [1.165, 1.54) is 30.5 Å². The topological polar surface area (TPSA) is 441 Å². The number of carboxylic acids is 5. The SMILES string of the molecule is C[C@H](N)c1cccc(-c2cc(COc3ccccc3CC(=O)O)cc3ccoc23)c1.Cc1c(CN)cccc1-c1cc(COc2ccccc2CC(=O)O)cc2ccoc12.NCc1c(F)ccc(-c2cc(COc3ccccc3CC(=O)O)cc3ccoc23)c1F.NCc1cc(-c2cc(COc3ccccc3CC(=O)O)cc3ccoc23)ccn1.NCc1cc(F)cc(-c2cc(COc3ccccc3CC(=O)O)cc3ccoc23)c1. The second-order valence-electron chi connectivity index (χ2n) is 35.3. The fourth-order valence-electron chi connectivity index (χ4n) is 17.6. The van der Waals surface area contributed by atoms with Crippen molar-refractivity contribution in [2.24, 2.45) is 28.7 Å². The predicted molar refractivity (Wildman–Crippen MR) is 565 cm³/mol. The Morgan fingerprint density at radius 1 is 0.313 bits per heavy atom. The fourth-order valence-corrected chi connectivity index (χ4v) is 17.6. The molecule has 0 amide bonds. The lowest BCUT2D eigenvalue weighted by molar-refractivity contribution is -0.137. The number of carboxylic acid groups (broad SMARTS) is 5. The van der Waals surface area contributed by atoms with Gasteiger partial charge >= 0.3 is 29.8 Å². The molecule has 6 heterocycles. The van der Waals surface area contributed by atoms with Gasteiger partial charge in [-0.1, -0.05) is 127 Å². The predicted octanol–water partition coefficient (Wildman–Crippen LogP) is 24.5. The molecule has 0 radical (unpaired) electrons. The van der Waals surface area contributed by atoms with E-state index in [1.54, 1.807) is 134 Å². The van der Waals surface area contributed by atoms with Crippen molar-refractivity contribution in [3.8, 4) is 84.4 Å². The molecule has 0 bridgehead atoms. The largest absolute Gasteiger partial charge is 0.489 e. The summed E-state index contributed by atoms with van der Waals surface area (Å²) in [6, 6.07) is 89.7. The maximum atomic E-state index is 15.0. The van der Waals surface area contributed by atoms with Crippen molar-refractivity contribution in [1.82, 2.24) is 4.98 Å². The van der Waals surface area contributed by atoms with Gasteiger partial charge in [-0.15, -0.1) is 0 Å². The minimum atomic E-state index is -0.958. The average molecular weight is 2020 g/mol. The van der Waals surface area contributed by atoms with Crippen LogP contribution in [-0.2, 0) is 115 Å². The average Bonchev–Trinajstić information content (AvgIpc) is 1.52. The van der Waals surface area contributed by atoms with E-state index in [-0.39, 0.29) is 81.4 Å². The molecule has 14 aromatic carbocycles. The molecule has 1 atom stereocenters. The van der Waals surface area contributed by atoms with E-state index in [1.807, 2.05) is 159 Å². The van der Waals surface area contributed by atoms with Crippen molar-refractivity contribution in [2.75, 3.05) is 0 Å². The van der Waals surface area contributed by atoms with E-state index in [0.717, 1.165) is 127 Å². The zero-order chi connectivity index (χ0) is 105. The molecule has 26 nitrogen and oxygen atoms in total. The van der Waals surface area contributed by atoms with E-state index in [0.29, 0.717) is 123 Å². The Hall–Kier alpha value is -18.1. The first-order valence-corrected chi connectivity index (χ1v) is 47.8. The first-order chi connectivity index (χ1) is 72.7. The minimum absolute atomic E-state index is 0.0608. The number of aromatic nitrogens is 1. The van der Waals surface area contributed by atoms with Crippen molar-refractivity contribution in [1.29, 1.82) is 0 Å². The van der Waals surface area contributed by atoms with Gasteiger partial charge in [-0.3, -0.25) is 29.0 Å². The van der Waals surface area contributed by atoms with E-state index >= 15 is 0 Å². The summed E-state index contributed by atoms with van der Waals surface area (Å²) in [5, 5.41) is 50.1. The Morgan fingerprint density at radius 3 is 1.01 bits per heavy atom. The molecule has 0 saturated carbocycles. The highest BCUT2D eigenvalue weighted by molar-refractivity contribution is 5.98. The molecule has 150 heavy (non-hydrogen) atoms. The Bertz CT molecular complexity index is 8270. The van der Waals surface area contributed by atoms with Gasteiger partial charge < -0.3 is 100.0 Å². The molecule has 20 rings (SSSR count). The quantitative estimate of drug-likeness (QED) is 0.0176. The van der Waals surface area contributed by atoms with Gasteiger partial charge in [-0.2, -0.15) is 0 Å². The number of benzene rings is 14. The van der Waals surface area contributed by atoms with Crippen molar-refractivity contribution in [3.63, 3.8) is 0 Å². The second-order valence-corrected chi connectivity index (χ2v) is 35.3. The van der Waals surface area contributed by atoms with Gasteiger partial charge in [-0.25, -0.2) is 13.2 Å². The zero-order valence-corrected chi connectivity index (χ0v) is 81.6. The zero-order valence-electron chi connectivity index (χ0n) is 81.6. The van der Waals surface area contributed by atoms with Gasteiger partial charge in [0.05, 0.1) is 69.1 Å². The van der Waals surface area contributed by atoms with Crippen molar-refractivity contribution < 1.29 is 108 Å². The number of carbonyl (C=O) groups is 5. The van der Waals surface area contributed by atoms with Crippen molar-refractivity contribution in [3.05, 3.63) is 441 Å². The molecule has 0 aliphatic carbocycles. The highest BCUT2D eigenvalue weighted by Gasteiger charge is 2.24. The first kappa shape index (κ1) is 105. The molecule has 0 unspecified atom stereocenters. The number of ether oxygens (including phenoxy) is 5. The van der Waals surface area contributed by atoms with Crippen LogP contribution in [0.3, 0.4) is 0 Å². The van der Waals surface area contributed by atoms with E-state index < -0.39 is 41.5 Å². The minimum Gasteiger partial charge on any atom is -0.489 e. The summed E-state index contributed by atoms with van der Waals surface area (Å²) in [6.45, 7) is 6.12. The molecule has 0 aliphatic rings. The normalized spacial score (nSPS) is 11.2. The molecule has 0 spiro atoms. The maximum Gasteiger partial charge on any atom is 0.307 e. The van der Waals surface area contributed by atoms with Crippen LogP contribution >= 0.6 is 0 Å². The lowest BCUT2D eigenvalue weighted by Gasteiger charge is -2.14. The number of halogens is 3. The van der Waals surface area contributed by atoms with Crippen LogP contribution in [0.4, 0.5) is 13.2 Å². The molecular formula is C121H105F3N6O20. The number of nitrogens with two attached hydrogens (primary N) is 5. The number of furan rings is 5. The summed E-state index contributed by atoms with van der Waals surface area (Å²) in [5.74, 6) is -3.64. The van der Waals surface area contributed by atoms with E-state index in [4.69, 9.17) is 100.0 Å². The van der Waals surface area contributed by atoms with Crippen LogP contribution in [0.2, 0.25) is 0 Å². The number of nitrogens with zero attached hydrogens (tertiary/aromatic N) is 1. The molecule has 760 valence electrons. The number of hydrogen-bond acceptors (Lipinski definition) is 21. The van der Waals surface area contributed by atoms with Crippen LogP contribution in [0.25, 0.3) is 110 Å². The van der Waals surface area contributed by atoms with Crippen LogP contribution in [0.1, 0.15) is 102 Å². The molecular weight excluding hydrogens is 1910 g/mol. The number of fused-ring (bicyclic) bond motifs is 5. The molecule has 15 N–H and O–H groups in total. The monoisotopic (exact) mass is 2020 g/mol. The fraction of sp³-hybridized carbons (Fsp3) is 0.140. The van der Waals surface area contributed by atoms with Gasteiger partial charge in [0.25, 0.3) is 0 Å². The number of rotatable bonds is 35. The standard InChI is InChI=1S/2C25H23NO4.C24H19F2NO4.C24H20FNO4.C23H20N2O4/c1-16(26)18-6-4-7-19(13-18)22-12-17(11-21-9-10-29-25(21)22)15-30-23-8-3-2-5-20(23)14-24(27)28;1-16-20(14-26)6-4-7-21(16)22-12-17(11-19-9-10-29-25(19)22)15-30-23-8-3-2-5-18(23)13-24(27)28;25-20-6-5-17(23(26)19(20)12-27)18-10-14(9-16-7-8-30-24(16)18)13-31-21-4-2-1-3-15(21)11-22(28)29;25-20-9-15(13-26)7-19(11-20)21-10-16(8-18-5-6-29-24(18)21)14-30-22-4-2-1-3-17(22)12-23(27)28;24-13-19-11-16(5-7-25-19)20-10-15(9-18-6-8-28-23(18)20)14-29-21-4-2-1-3-17(21)12-22(26)27/h2-13,16H,14-15,26H2,1H3,(H,27,28);2-12H,13-15,26H2,1H3,(H,27,28);1-10H,11-13,27H2,(H,28,29);1-11H,12-14,26H2,(H,27,28);1-11H,12-14,24H2,(H,26,27)/t16-;;;;/m0..../s1. The Labute approximate surface area is 858 Å². The Kier molecular flexibility index (Phi) is 34.3. The third kappa shape index (κ3) is 26.2. The number of para-hydroxylation sites is 5. The molecule has 29 heteroatoms. The van der Waals surface area contributed by atoms with Crippen molar-refractivity contribution in [2.45, 2.75) is 111 Å². The van der Waals surface area contributed by atoms with Crippen LogP contribution < -0.4 is 52.4 Å². The van der Waals surface area contributed by atoms with Gasteiger partial charge in [0.15, 0.2) is 0 Å². The summed E-state index contributed by atoms with van der Waals surface area (Å²) in [6.07, 6.45) is 9.32. The lowest BCUT2D eigenvalue weighted by atomic mass is 9.94. The third-order valence-corrected chi connectivity index (χ3v) is 24.8. The van der Waals surface area contributed by atoms with Gasteiger partial charge in [-0.05, 0) is 256 Å².